The van der Waals surface area contributed by atoms with Crippen LogP contribution in [0.25, 0.3) is 0 Å². The fourth-order valence-electron chi connectivity index (χ4n) is 2.75. The summed E-state index contributed by atoms with van der Waals surface area (Å²) >= 11 is 0. The summed E-state index contributed by atoms with van der Waals surface area (Å²) in [5.41, 5.74) is -1.04. The Morgan fingerprint density at radius 2 is 2.09 bits per heavy atom. The second-order valence-electron chi connectivity index (χ2n) is 5.57. The van der Waals surface area contributed by atoms with Gasteiger partial charge in [-0.1, -0.05) is 0 Å². The molecule has 1 atom stereocenters. The Kier molecular flexibility index (Phi) is 5.27. The van der Waals surface area contributed by atoms with Crippen molar-refractivity contribution in [2.75, 3.05) is 6.54 Å². The van der Waals surface area contributed by atoms with Crippen molar-refractivity contribution in [3.05, 3.63) is 18.0 Å². The number of carboxylic acid groups (broad SMARTS) is 1. The molecular formula is C14H18F3N3O3. The van der Waals surface area contributed by atoms with E-state index in [-0.39, 0.29) is 24.9 Å². The van der Waals surface area contributed by atoms with Crippen LogP contribution in [0.15, 0.2) is 12.3 Å². The predicted octanol–water partition coefficient (Wildman–Crippen LogP) is 2.15. The molecule has 1 unspecified atom stereocenters. The van der Waals surface area contributed by atoms with Gasteiger partial charge in [0.1, 0.15) is 6.54 Å². The van der Waals surface area contributed by atoms with Gasteiger partial charge in [0.2, 0.25) is 5.91 Å². The smallest absolute Gasteiger partial charge is 0.435 e. The maximum Gasteiger partial charge on any atom is 0.435 e. The van der Waals surface area contributed by atoms with Crippen molar-refractivity contribution in [3.63, 3.8) is 0 Å². The number of hydrogen-bond acceptors (Lipinski definition) is 3. The predicted molar refractivity (Wildman–Crippen MR) is 73.5 cm³/mol. The fraction of sp³-hybridized carbons (Fsp3) is 0.643. The van der Waals surface area contributed by atoms with Gasteiger partial charge in [-0.25, -0.2) is 0 Å². The molecule has 1 aliphatic rings. The highest BCUT2D eigenvalue weighted by Gasteiger charge is 2.34. The normalized spacial score (nSPS) is 18.9. The van der Waals surface area contributed by atoms with Gasteiger partial charge in [-0.05, 0) is 31.7 Å². The summed E-state index contributed by atoms with van der Waals surface area (Å²) in [5, 5.41) is 12.1. The van der Waals surface area contributed by atoms with Crippen LogP contribution in [-0.2, 0) is 22.3 Å². The highest BCUT2D eigenvalue weighted by atomic mass is 19.4. The lowest BCUT2D eigenvalue weighted by molar-refractivity contribution is -0.142. The standard InChI is InChI=1S/C14H18F3N3O3/c15-14(16,17)11-6-8-19(18-11)9-12(21)20-7-2-1-3-10(20)4-5-13(22)23/h6,8,10H,1-5,7,9H2,(H,22,23). The minimum atomic E-state index is -4.54. The number of carbonyl (C=O) groups excluding carboxylic acids is 1. The van der Waals surface area contributed by atoms with E-state index in [4.69, 9.17) is 5.11 Å². The highest BCUT2D eigenvalue weighted by Crippen LogP contribution is 2.27. The van der Waals surface area contributed by atoms with E-state index in [1.54, 1.807) is 4.90 Å². The third-order valence-corrected chi connectivity index (χ3v) is 3.87. The summed E-state index contributed by atoms with van der Waals surface area (Å²) < 4.78 is 38.5. The molecule has 1 N–H and O–H groups in total. The number of aromatic nitrogens is 2. The number of hydrogen-bond donors (Lipinski definition) is 1. The van der Waals surface area contributed by atoms with Crippen LogP contribution in [0.2, 0.25) is 0 Å². The van der Waals surface area contributed by atoms with Gasteiger partial charge in [0.15, 0.2) is 5.69 Å². The SMILES string of the molecule is O=C(O)CCC1CCCCN1C(=O)Cn1ccc(C(F)(F)F)n1. The van der Waals surface area contributed by atoms with Crippen molar-refractivity contribution >= 4 is 11.9 Å². The number of halogens is 3. The molecule has 1 saturated heterocycles. The molecule has 2 rings (SSSR count). The van der Waals surface area contributed by atoms with Crippen LogP contribution in [0.1, 0.15) is 37.8 Å². The second-order valence-corrected chi connectivity index (χ2v) is 5.57. The van der Waals surface area contributed by atoms with Crippen LogP contribution in [0, 0.1) is 0 Å². The Balaban J connectivity index is 1.99. The van der Waals surface area contributed by atoms with E-state index in [0.717, 1.165) is 29.8 Å². The fourth-order valence-corrected chi connectivity index (χ4v) is 2.75. The topological polar surface area (TPSA) is 75.4 Å². The first-order valence-electron chi connectivity index (χ1n) is 7.39. The maximum absolute atomic E-state index is 12.5. The number of carboxylic acids is 1. The molecule has 1 fully saturated rings. The molecule has 1 aromatic rings. The van der Waals surface area contributed by atoms with Gasteiger partial charge >= 0.3 is 12.1 Å². The van der Waals surface area contributed by atoms with E-state index >= 15 is 0 Å². The summed E-state index contributed by atoms with van der Waals surface area (Å²) in [6.07, 6.45) is -0.662. The molecular weight excluding hydrogens is 315 g/mol. The molecule has 0 aromatic carbocycles. The molecule has 1 amide bonds. The summed E-state index contributed by atoms with van der Waals surface area (Å²) in [6.45, 7) is 0.218. The third-order valence-electron chi connectivity index (χ3n) is 3.87. The molecule has 2 heterocycles. The first-order valence-corrected chi connectivity index (χ1v) is 7.39. The van der Waals surface area contributed by atoms with E-state index < -0.39 is 17.8 Å². The first-order chi connectivity index (χ1) is 10.8. The number of likely N-dealkylation sites (tertiary alicyclic amines) is 1. The van der Waals surface area contributed by atoms with Crippen molar-refractivity contribution in [2.24, 2.45) is 0 Å². The molecule has 0 bridgehead atoms. The van der Waals surface area contributed by atoms with Crippen molar-refractivity contribution < 1.29 is 27.9 Å². The molecule has 23 heavy (non-hydrogen) atoms. The average Bonchev–Trinajstić information content (AvgIpc) is 2.94. The molecule has 0 spiro atoms. The molecule has 0 radical (unpaired) electrons. The van der Waals surface area contributed by atoms with Crippen LogP contribution < -0.4 is 0 Å². The number of alkyl halides is 3. The van der Waals surface area contributed by atoms with Crippen molar-refractivity contribution in [1.29, 1.82) is 0 Å². The van der Waals surface area contributed by atoms with E-state index in [0.29, 0.717) is 19.4 Å². The van der Waals surface area contributed by atoms with E-state index in [2.05, 4.69) is 5.10 Å². The molecule has 1 aliphatic heterocycles. The second kappa shape index (κ2) is 7.01. The number of amides is 1. The lowest BCUT2D eigenvalue weighted by atomic mass is 9.98. The van der Waals surface area contributed by atoms with Crippen LogP contribution in [0.5, 0.6) is 0 Å². The van der Waals surface area contributed by atoms with Crippen LogP contribution in [0.4, 0.5) is 13.2 Å². The van der Waals surface area contributed by atoms with Gasteiger partial charge in [0, 0.05) is 25.2 Å². The molecule has 1 aromatic heterocycles. The largest absolute Gasteiger partial charge is 0.481 e. The van der Waals surface area contributed by atoms with E-state index in [1.165, 1.54) is 0 Å². The summed E-state index contributed by atoms with van der Waals surface area (Å²) in [4.78, 5) is 24.6. The molecule has 0 aliphatic carbocycles. The van der Waals surface area contributed by atoms with Crippen LogP contribution in [0.3, 0.4) is 0 Å². The van der Waals surface area contributed by atoms with Crippen LogP contribution in [-0.4, -0.2) is 44.3 Å². The first kappa shape index (κ1) is 17.3. The number of rotatable bonds is 5. The van der Waals surface area contributed by atoms with Crippen LogP contribution >= 0.6 is 0 Å². The Morgan fingerprint density at radius 3 is 2.70 bits per heavy atom. The Hall–Kier alpha value is -2.06. The average molecular weight is 333 g/mol. The molecule has 128 valence electrons. The quantitative estimate of drug-likeness (QED) is 0.896. The number of piperidine rings is 1. The molecule has 6 nitrogen and oxygen atoms in total. The van der Waals surface area contributed by atoms with Gasteiger partial charge in [0.05, 0.1) is 0 Å². The lowest BCUT2D eigenvalue weighted by Crippen LogP contribution is -2.45. The minimum absolute atomic E-state index is 0.0333. The zero-order valence-electron chi connectivity index (χ0n) is 12.4. The Bertz CT molecular complexity index is 571. The number of nitrogens with zero attached hydrogens (tertiary/aromatic N) is 3. The Morgan fingerprint density at radius 1 is 1.35 bits per heavy atom. The molecule has 0 saturated carbocycles. The van der Waals surface area contributed by atoms with Gasteiger partial charge < -0.3 is 10.0 Å². The lowest BCUT2D eigenvalue weighted by Gasteiger charge is -2.35. The third kappa shape index (κ3) is 4.70. The summed E-state index contributed by atoms with van der Waals surface area (Å²) in [5.74, 6) is -1.26. The number of carbonyl (C=O) groups is 2. The number of aliphatic carboxylic acids is 1. The van der Waals surface area contributed by atoms with Crippen molar-refractivity contribution in [3.8, 4) is 0 Å². The van der Waals surface area contributed by atoms with E-state index in [9.17, 15) is 22.8 Å². The molecule has 9 heteroatoms. The zero-order valence-corrected chi connectivity index (χ0v) is 12.4. The Labute approximate surface area is 130 Å². The summed E-state index contributed by atoms with van der Waals surface area (Å²) in [7, 11) is 0. The van der Waals surface area contributed by atoms with Gasteiger partial charge in [-0.15, -0.1) is 0 Å². The van der Waals surface area contributed by atoms with Gasteiger partial charge in [0.25, 0.3) is 0 Å². The highest BCUT2D eigenvalue weighted by molar-refractivity contribution is 5.76. The van der Waals surface area contributed by atoms with Crippen molar-refractivity contribution in [2.45, 2.75) is 50.9 Å². The summed E-state index contributed by atoms with van der Waals surface area (Å²) in [6, 6.07) is 0.649. The van der Waals surface area contributed by atoms with E-state index in [1.807, 2.05) is 0 Å². The van der Waals surface area contributed by atoms with Gasteiger partial charge in [-0.3, -0.25) is 14.3 Å². The monoisotopic (exact) mass is 333 g/mol. The maximum atomic E-state index is 12.5. The van der Waals surface area contributed by atoms with Crippen molar-refractivity contribution in [1.82, 2.24) is 14.7 Å². The minimum Gasteiger partial charge on any atom is -0.481 e. The van der Waals surface area contributed by atoms with Gasteiger partial charge in [-0.2, -0.15) is 18.3 Å². The zero-order chi connectivity index (χ0) is 17.0.